The topological polar surface area (TPSA) is 0 Å². The molecule has 0 saturated carbocycles. The molecule has 1 heterocycles. The third kappa shape index (κ3) is 1.94. The van der Waals surface area contributed by atoms with Crippen LogP contribution in [0.4, 0.5) is 8.78 Å². The molecule has 2 rings (SSSR count). The number of alkyl halides is 2. The minimum Gasteiger partial charge on any atom is -0.201 e. The number of rotatable bonds is 2. The summed E-state index contributed by atoms with van der Waals surface area (Å²) in [5.74, 6) is -2.16. The highest BCUT2D eigenvalue weighted by molar-refractivity contribution is 7.12. The average Bonchev–Trinajstić information content (AvgIpc) is 2.61. The fourth-order valence-corrected chi connectivity index (χ4v) is 3.39. The van der Waals surface area contributed by atoms with E-state index < -0.39 is 5.92 Å². The summed E-state index contributed by atoms with van der Waals surface area (Å²) >= 11 is 1.59. The molecule has 0 aliphatic heterocycles. The normalized spacial score (nSPS) is 21.1. The molecule has 0 saturated heterocycles. The SMILES string of the molecule is CCC(C)c1cc2c(s1)CCCC2(F)F. The van der Waals surface area contributed by atoms with Crippen molar-refractivity contribution in [3.05, 3.63) is 21.4 Å². The molecule has 1 aromatic heterocycles. The third-order valence-corrected chi connectivity index (χ3v) is 4.64. The van der Waals surface area contributed by atoms with Gasteiger partial charge in [0.05, 0.1) is 0 Å². The molecule has 15 heavy (non-hydrogen) atoms. The summed E-state index contributed by atoms with van der Waals surface area (Å²) in [4.78, 5) is 2.05. The molecule has 1 aromatic rings. The Bertz CT molecular complexity index is 355. The second-order valence-corrected chi connectivity index (χ2v) is 5.52. The Labute approximate surface area is 93.3 Å². The molecule has 0 bridgehead atoms. The van der Waals surface area contributed by atoms with Crippen LogP contribution >= 0.6 is 11.3 Å². The van der Waals surface area contributed by atoms with Gasteiger partial charge in [-0.25, -0.2) is 8.78 Å². The quantitative estimate of drug-likeness (QED) is 0.691. The van der Waals surface area contributed by atoms with Crippen LogP contribution in [0.25, 0.3) is 0 Å². The van der Waals surface area contributed by atoms with Crippen molar-refractivity contribution in [3.63, 3.8) is 0 Å². The summed E-state index contributed by atoms with van der Waals surface area (Å²) in [6.07, 6.45) is 2.51. The van der Waals surface area contributed by atoms with Gasteiger partial charge < -0.3 is 0 Å². The lowest BCUT2D eigenvalue weighted by Crippen LogP contribution is -2.18. The third-order valence-electron chi connectivity index (χ3n) is 3.21. The van der Waals surface area contributed by atoms with E-state index in [9.17, 15) is 8.78 Å². The predicted molar refractivity (Wildman–Crippen MR) is 59.9 cm³/mol. The number of thiophene rings is 1. The summed E-state index contributed by atoms with van der Waals surface area (Å²) < 4.78 is 27.2. The van der Waals surface area contributed by atoms with Crippen molar-refractivity contribution in [1.82, 2.24) is 0 Å². The maximum absolute atomic E-state index is 13.6. The lowest BCUT2D eigenvalue weighted by atomic mass is 9.94. The van der Waals surface area contributed by atoms with Gasteiger partial charge in [0.1, 0.15) is 0 Å². The number of fused-ring (bicyclic) bond motifs is 1. The van der Waals surface area contributed by atoms with Crippen molar-refractivity contribution in [2.75, 3.05) is 0 Å². The molecule has 0 fully saturated rings. The van der Waals surface area contributed by atoms with E-state index in [4.69, 9.17) is 0 Å². The molecule has 84 valence electrons. The highest BCUT2D eigenvalue weighted by atomic mass is 32.1. The van der Waals surface area contributed by atoms with E-state index >= 15 is 0 Å². The number of halogens is 2. The molecule has 3 heteroatoms. The average molecular weight is 230 g/mol. The van der Waals surface area contributed by atoms with Crippen molar-refractivity contribution in [3.8, 4) is 0 Å². The fourth-order valence-electron chi connectivity index (χ4n) is 1.99. The maximum Gasteiger partial charge on any atom is 0.274 e. The first kappa shape index (κ1) is 11.1. The predicted octanol–water partition coefficient (Wildman–Crippen LogP) is 4.69. The van der Waals surface area contributed by atoms with Crippen molar-refractivity contribution in [1.29, 1.82) is 0 Å². The molecule has 1 unspecified atom stereocenters. The van der Waals surface area contributed by atoms with Gasteiger partial charge in [-0.15, -0.1) is 11.3 Å². The van der Waals surface area contributed by atoms with E-state index in [2.05, 4.69) is 13.8 Å². The van der Waals surface area contributed by atoms with Gasteiger partial charge in [-0.2, -0.15) is 0 Å². The zero-order valence-corrected chi connectivity index (χ0v) is 9.96. The maximum atomic E-state index is 13.6. The standard InChI is InChI=1S/C12H16F2S/c1-3-8(2)11-7-9-10(15-11)5-4-6-12(9,13)14/h7-8H,3-6H2,1-2H3. The summed E-state index contributed by atoms with van der Waals surface area (Å²) in [6, 6.07) is 1.74. The Morgan fingerprint density at radius 3 is 2.87 bits per heavy atom. The van der Waals surface area contributed by atoms with Crippen LogP contribution in [0.5, 0.6) is 0 Å². The van der Waals surface area contributed by atoms with Gasteiger partial charge >= 0.3 is 0 Å². The Balaban J connectivity index is 2.38. The highest BCUT2D eigenvalue weighted by Crippen LogP contribution is 2.45. The van der Waals surface area contributed by atoms with Crippen molar-refractivity contribution >= 4 is 11.3 Å². The van der Waals surface area contributed by atoms with E-state index in [1.807, 2.05) is 0 Å². The molecule has 0 N–H and O–H groups in total. The van der Waals surface area contributed by atoms with Crippen LogP contribution in [0.3, 0.4) is 0 Å². The van der Waals surface area contributed by atoms with E-state index in [1.54, 1.807) is 17.4 Å². The van der Waals surface area contributed by atoms with Gasteiger partial charge in [-0.3, -0.25) is 0 Å². The fraction of sp³-hybridized carbons (Fsp3) is 0.667. The van der Waals surface area contributed by atoms with E-state index in [1.165, 1.54) is 0 Å². The van der Waals surface area contributed by atoms with Crippen LogP contribution in [0, 0.1) is 0 Å². The lowest BCUT2D eigenvalue weighted by Gasteiger charge is -2.21. The largest absolute Gasteiger partial charge is 0.274 e. The van der Waals surface area contributed by atoms with E-state index in [0.717, 1.165) is 22.6 Å². The molecule has 0 aromatic carbocycles. The van der Waals surface area contributed by atoms with Crippen LogP contribution in [0.2, 0.25) is 0 Å². The van der Waals surface area contributed by atoms with Gasteiger partial charge in [0.15, 0.2) is 0 Å². The van der Waals surface area contributed by atoms with Crippen molar-refractivity contribution in [2.24, 2.45) is 0 Å². The number of aryl methyl sites for hydroxylation is 1. The first-order valence-electron chi connectivity index (χ1n) is 5.55. The minimum absolute atomic E-state index is 0.0245. The van der Waals surface area contributed by atoms with Gasteiger partial charge in [0.2, 0.25) is 0 Å². The first-order chi connectivity index (χ1) is 7.04. The summed E-state index contributed by atoms with van der Waals surface area (Å²) in [6.45, 7) is 4.21. The Morgan fingerprint density at radius 1 is 1.53 bits per heavy atom. The summed E-state index contributed by atoms with van der Waals surface area (Å²) in [7, 11) is 0. The first-order valence-corrected chi connectivity index (χ1v) is 6.37. The lowest BCUT2D eigenvalue weighted by molar-refractivity contribution is -0.0208. The zero-order chi connectivity index (χ0) is 11.1. The molecule has 1 aliphatic carbocycles. The van der Waals surface area contributed by atoms with E-state index in [0.29, 0.717) is 17.9 Å². The molecule has 0 amide bonds. The second-order valence-electron chi connectivity index (χ2n) is 4.35. The second kappa shape index (κ2) is 3.85. The Kier molecular flexibility index (Phi) is 2.84. The van der Waals surface area contributed by atoms with Crippen molar-refractivity contribution in [2.45, 2.75) is 51.4 Å². The molecule has 1 aliphatic rings. The van der Waals surface area contributed by atoms with Gasteiger partial charge in [-0.1, -0.05) is 13.8 Å². The number of hydrogen-bond acceptors (Lipinski definition) is 1. The molecule has 0 radical (unpaired) electrons. The van der Waals surface area contributed by atoms with Crippen molar-refractivity contribution < 1.29 is 8.78 Å². The Hall–Kier alpha value is -0.440. The van der Waals surface area contributed by atoms with Crippen LogP contribution < -0.4 is 0 Å². The van der Waals surface area contributed by atoms with Crippen LogP contribution in [-0.2, 0) is 12.3 Å². The molecule has 0 nitrogen and oxygen atoms in total. The van der Waals surface area contributed by atoms with Crippen LogP contribution in [-0.4, -0.2) is 0 Å². The van der Waals surface area contributed by atoms with Gasteiger partial charge in [-0.05, 0) is 31.2 Å². The number of hydrogen-bond donors (Lipinski definition) is 0. The van der Waals surface area contributed by atoms with E-state index in [-0.39, 0.29) is 6.42 Å². The Morgan fingerprint density at radius 2 is 2.27 bits per heavy atom. The minimum atomic E-state index is -2.57. The van der Waals surface area contributed by atoms with Gasteiger partial charge in [0.25, 0.3) is 5.92 Å². The van der Waals surface area contributed by atoms with Crippen LogP contribution in [0.15, 0.2) is 6.07 Å². The smallest absolute Gasteiger partial charge is 0.201 e. The zero-order valence-electron chi connectivity index (χ0n) is 9.15. The molecule has 1 atom stereocenters. The van der Waals surface area contributed by atoms with Gasteiger partial charge in [0, 0.05) is 21.7 Å². The molecule has 0 spiro atoms. The highest BCUT2D eigenvalue weighted by Gasteiger charge is 2.38. The molecular formula is C12H16F2S. The van der Waals surface area contributed by atoms with Crippen LogP contribution in [0.1, 0.15) is 54.3 Å². The summed E-state index contributed by atoms with van der Waals surface area (Å²) in [5.41, 5.74) is 0.314. The summed E-state index contributed by atoms with van der Waals surface area (Å²) in [5, 5.41) is 0. The molecular weight excluding hydrogens is 214 g/mol. The monoisotopic (exact) mass is 230 g/mol.